The summed E-state index contributed by atoms with van der Waals surface area (Å²) in [7, 11) is 0. The first-order chi connectivity index (χ1) is 12.2. The summed E-state index contributed by atoms with van der Waals surface area (Å²) < 4.78 is 0. The number of likely N-dealkylation sites (N-methyl/N-ethyl adjacent to an activating group) is 1. The fourth-order valence-electron chi connectivity index (χ4n) is 2.13. The third kappa shape index (κ3) is 5.13. The van der Waals surface area contributed by atoms with E-state index in [2.05, 4.69) is 20.6 Å². The second kappa shape index (κ2) is 9.17. The van der Waals surface area contributed by atoms with Crippen molar-refractivity contribution in [3.63, 3.8) is 0 Å². The molecule has 7 nitrogen and oxygen atoms in total. The number of carbonyl (C=O) groups is 2. The number of aromatic nitrogens is 2. The van der Waals surface area contributed by atoms with Gasteiger partial charge in [0.1, 0.15) is 5.70 Å². The molecule has 0 spiro atoms. The molecule has 0 saturated heterocycles. The maximum Gasteiger partial charge on any atom is 0.271 e. The van der Waals surface area contributed by atoms with Gasteiger partial charge >= 0.3 is 0 Å². The van der Waals surface area contributed by atoms with Crippen molar-refractivity contribution in [2.75, 3.05) is 18.4 Å². The van der Waals surface area contributed by atoms with Crippen molar-refractivity contribution in [1.29, 1.82) is 0 Å². The summed E-state index contributed by atoms with van der Waals surface area (Å²) >= 11 is 0. The molecule has 7 heteroatoms. The van der Waals surface area contributed by atoms with E-state index in [1.165, 1.54) is 6.20 Å². The lowest BCUT2D eigenvalue weighted by Gasteiger charge is -2.20. The largest absolute Gasteiger partial charge is 0.338 e. The Labute approximate surface area is 146 Å². The molecule has 1 heterocycles. The van der Waals surface area contributed by atoms with Gasteiger partial charge in [-0.3, -0.25) is 9.59 Å². The van der Waals surface area contributed by atoms with E-state index in [1.807, 2.05) is 19.9 Å². The van der Waals surface area contributed by atoms with Gasteiger partial charge < -0.3 is 15.5 Å². The van der Waals surface area contributed by atoms with E-state index in [0.29, 0.717) is 24.6 Å². The minimum atomic E-state index is -0.358. The molecule has 0 radical (unpaired) electrons. The van der Waals surface area contributed by atoms with Crippen LogP contribution >= 0.6 is 0 Å². The van der Waals surface area contributed by atoms with Crippen LogP contribution in [0.1, 0.15) is 24.2 Å². The lowest BCUT2D eigenvalue weighted by Crippen LogP contribution is -2.38. The molecule has 0 bridgehead atoms. The van der Waals surface area contributed by atoms with Crippen molar-refractivity contribution < 1.29 is 9.59 Å². The molecule has 2 rings (SSSR count). The van der Waals surface area contributed by atoms with Gasteiger partial charge in [0.05, 0.1) is 0 Å². The second-order valence-electron chi connectivity index (χ2n) is 5.07. The van der Waals surface area contributed by atoms with Crippen LogP contribution in [0.2, 0.25) is 0 Å². The maximum absolute atomic E-state index is 12.7. The molecule has 0 aliphatic carbocycles. The minimum absolute atomic E-state index is 0.130. The van der Waals surface area contributed by atoms with Gasteiger partial charge in [-0.25, -0.2) is 9.97 Å². The topological polar surface area (TPSA) is 87.2 Å². The molecular weight excluding hydrogens is 318 g/mol. The first kappa shape index (κ1) is 18.1. The van der Waals surface area contributed by atoms with E-state index in [-0.39, 0.29) is 17.5 Å². The summed E-state index contributed by atoms with van der Waals surface area (Å²) in [6, 6.07) is 10.4. The summed E-state index contributed by atoms with van der Waals surface area (Å²) in [6.45, 7) is 4.84. The van der Waals surface area contributed by atoms with Crippen LogP contribution in [0.4, 0.5) is 5.95 Å². The van der Waals surface area contributed by atoms with E-state index < -0.39 is 0 Å². The van der Waals surface area contributed by atoms with Crippen LogP contribution in [0.5, 0.6) is 0 Å². The van der Waals surface area contributed by atoms with E-state index in [9.17, 15) is 9.59 Å². The molecule has 0 aliphatic heterocycles. The lowest BCUT2D eigenvalue weighted by atomic mass is 10.2. The monoisotopic (exact) mass is 339 g/mol. The third-order valence-electron chi connectivity index (χ3n) is 3.48. The van der Waals surface area contributed by atoms with Crippen LogP contribution in [0, 0.1) is 0 Å². The van der Waals surface area contributed by atoms with Crippen LogP contribution in [0.3, 0.4) is 0 Å². The first-order valence-corrected chi connectivity index (χ1v) is 8.05. The Morgan fingerprint density at radius 3 is 2.28 bits per heavy atom. The van der Waals surface area contributed by atoms with Crippen LogP contribution in [-0.4, -0.2) is 39.8 Å². The minimum Gasteiger partial charge on any atom is -0.338 e. The summed E-state index contributed by atoms with van der Waals surface area (Å²) in [5.74, 6) is -0.304. The zero-order valence-corrected chi connectivity index (χ0v) is 14.3. The third-order valence-corrected chi connectivity index (χ3v) is 3.48. The van der Waals surface area contributed by atoms with Gasteiger partial charge in [-0.15, -0.1) is 0 Å². The zero-order chi connectivity index (χ0) is 18.1. The predicted octanol–water partition coefficient (Wildman–Crippen LogP) is 2.03. The Morgan fingerprint density at radius 1 is 1.04 bits per heavy atom. The van der Waals surface area contributed by atoms with Gasteiger partial charge in [0.2, 0.25) is 5.95 Å². The normalized spacial score (nSPS) is 10.9. The Hall–Kier alpha value is -3.22. The Balaban J connectivity index is 2.22. The Kier molecular flexibility index (Phi) is 6.65. The molecule has 2 amide bonds. The molecule has 2 aromatic rings. The average molecular weight is 339 g/mol. The number of nitrogens with one attached hydrogen (secondary N) is 2. The molecule has 0 saturated carbocycles. The molecule has 0 aliphatic rings. The molecule has 0 unspecified atom stereocenters. The van der Waals surface area contributed by atoms with Gasteiger partial charge in [-0.05, 0) is 32.0 Å². The van der Waals surface area contributed by atoms with Crippen molar-refractivity contribution in [3.05, 3.63) is 66.3 Å². The van der Waals surface area contributed by atoms with Crippen molar-refractivity contribution in [2.45, 2.75) is 13.8 Å². The number of hydrogen-bond acceptors (Lipinski definition) is 5. The highest BCUT2D eigenvalue weighted by molar-refractivity contribution is 6.02. The van der Waals surface area contributed by atoms with E-state index in [4.69, 9.17) is 0 Å². The number of amides is 2. The summed E-state index contributed by atoms with van der Waals surface area (Å²) in [4.78, 5) is 34.7. The molecule has 1 aromatic heterocycles. The zero-order valence-electron chi connectivity index (χ0n) is 14.3. The summed E-state index contributed by atoms with van der Waals surface area (Å²) in [5.41, 5.74) is 0.599. The highest BCUT2D eigenvalue weighted by atomic mass is 16.2. The van der Waals surface area contributed by atoms with Crippen LogP contribution in [0.25, 0.3) is 0 Å². The smallest absolute Gasteiger partial charge is 0.271 e. The van der Waals surface area contributed by atoms with Crippen molar-refractivity contribution >= 4 is 17.8 Å². The number of nitrogens with zero attached hydrogens (tertiary/aromatic N) is 3. The number of benzene rings is 1. The number of rotatable bonds is 7. The second-order valence-corrected chi connectivity index (χ2v) is 5.07. The fraction of sp³-hybridized carbons (Fsp3) is 0.222. The van der Waals surface area contributed by atoms with Gasteiger partial charge in [0, 0.05) is 37.2 Å². The van der Waals surface area contributed by atoms with Crippen molar-refractivity contribution in [3.8, 4) is 0 Å². The van der Waals surface area contributed by atoms with E-state index in [0.717, 1.165) is 0 Å². The Bertz CT molecular complexity index is 728. The number of anilines is 1. The molecule has 25 heavy (non-hydrogen) atoms. The molecular formula is C18H21N5O2. The van der Waals surface area contributed by atoms with Crippen molar-refractivity contribution in [1.82, 2.24) is 20.2 Å². The highest BCUT2D eigenvalue weighted by Gasteiger charge is 2.18. The summed E-state index contributed by atoms with van der Waals surface area (Å²) in [6.07, 6.45) is 4.58. The standard InChI is InChI=1S/C18H21N5O2/c1-3-23(4-2)17(25)15(13-21-18-19-11-8-12-20-18)22-16(24)14-9-6-5-7-10-14/h5-13H,3-4H2,1-2H3,(H,22,24)(H,19,20,21)/b15-13+. The number of carbonyl (C=O) groups excluding carboxylic acids is 2. The van der Waals surface area contributed by atoms with Gasteiger partial charge in [0.15, 0.2) is 0 Å². The molecule has 2 N–H and O–H groups in total. The van der Waals surface area contributed by atoms with Gasteiger partial charge in [-0.1, -0.05) is 18.2 Å². The fourth-order valence-corrected chi connectivity index (χ4v) is 2.13. The predicted molar refractivity (Wildman–Crippen MR) is 95.6 cm³/mol. The van der Waals surface area contributed by atoms with Gasteiger partial charge in [-0.2, -0.15) is 0 Å². The average Bonchev–Trinajstić information content (AvgIpc) is 2.67. The molecule has 0 atom stereocenters. The Morgan fingerprint density at radius 2 is 1.68 bits per heavy atom. The highest BCUT2D eigenvalue weighted by Crippen LogP contribution is 2.05. The van der Waals surface area contributed by atoms with Crippen LogP contribution in [0.15, 0.2) is 60.7 Å². The number of hydrogen-bond donors (Lipinski definition) is 2. The van der Waals surface area contributed by atoms with E-state index >= 15 is 0 Å². The molecule has 130 valence electrons. The SMILES string of the molecule is CCN(CC)C(=O)/C(=C\Nc1ncccn1)NC(=O)c1ccccc1. The molecule has 1 aromatic carbocycles. The van der Waals surface area contributed by atoms with Crippen molar-refractivity contribution in [2.24, 2.45) is 0 Å². The first-order valence-electron chi connectivity index (χ1n) is 8.05. The quantitative estimate of drug-likeness (QED) is 0.754. The summed E-state index contributed by atoms with van der Waals surface area (Å²) in [5, 5.41) is 5.50. The van der Waals surface area contributed by atoms with Gasteiger partial charge in [0.25, 0.3) is 11.8 Å². The van der Waals surface area contributed by atoms with E-state index in [1.54, 1.807) is 47.6 Å². The molecule has 0 fully saturated rings. The maximum atomic E-state index is 12.7. The lowest BCUT2D eigenvalue weighted by molar-refractivity contribution is -0.127. The van der Waals surface area contributed by atoms with Crippen LogP contribution < -0.4 is 10.6 Å². The van der Waals surface area contributed by atoms with Crippen LogP contribution in [-0.2, 0) is 4.79 Å².